The van der Waals surface area contributed by atoms with Crippen LogP contribution in [0.3, 0.4) is 0 Å². The number of aromatic nitrogens is 2. The van der Waals surface area contributed by atoms with E-state index in [9.17, 15) is 9.18 Å². The van der Waals surface area contributed by atoms with E-state index in [1.807, 2.05) is 18.2 Å². The van der Waals surface area contributed by atoms with Gasteiger partial charge in [-0.2, -0.15) is 0 Å². The van der Waals surface area contributed by atoms with E-state index in [2.05, 4.69) is 32.7 Å². The zero-order valence-corrected chi connectivity index (χ0v) is 15.8. The molecule has 0 aliphatic heterocycles. The Labute approximate surface area is 164 Å². The number of nitrogens with zero attached hydrogens (tertiary/aromatic N) is 2. The Hall–Kier alpha value is -3.28. The van der Waals surface area contributed by atoms with E-state index in [1.54, 1.807) is 25.1 Å². The number of carbonyl (C=O) groups is 1. The first-order chi connectivity index (χ1) is 13.6. The molecule has 0 saturated heterocycles. The number of carbonyl (C=O) groups excluding carboxylic acids is 1. The molecule has 0 saturated carbocycles. The van der Waals surface area contributed by atoms with Gasteiger partial charge in [0.15, 0.2) is 0 Å². The molecule has 3 aromatic rings. The van der Waals surface area contributed by atoms with Crippen LogP contribution in [0.5, 0.6) is 0 Å². The summed E-state index contributed by atoms with van der Waals surface area (Å²) in [7, 11) is 0. The van der Waals surface area contributed by atoms with Crippen molar-refractivity contribution in [2.45, 2.75) is 26.3 Å². The van der Waals surface area contributed by atoms with Crippen molar-refractivity contribution in [1.29, 1.82) is 0 Å². The summed E-state index contributed by atoms with van der Waals surface area (Å²) in [5.41, 5.74) is 2.50. The minimum absolute atomic E-state index is 0.219. The van der Waals surface area contributed by atoms with E-state index in [0.29, 0.717) is 30.4 Å². The van der Waals surface area contributed by atoms with Crippen molar-refractivity contribution in [3.8, 4) is 0 Å². The number of benzene rings is 2. The van der Waals surface area contributed by atoms with E-state index >= 15 is 0 Å². The Morgan fingerprint density at radius 1 is 1.00 bits per heavy atom. The van der Waals surface area contributed by atoms with Gasteiger partial charge in [-0.25, -0.2) is 14.4 Å². The zero-order chi connectivity index (χ0) is 19.8. The third-order valence-corrected chi connectivity index (χ3v) is 4.23. The highest BCUT2D eigenvalue weighted by atomic mass is 19.1. The van der Waals surface area contributed by atoms with Crippen LogP contribution in [0.4, 0.5) is 10.2 Å². The van der Waals surface area contributed by atoms with Crippen molar-refractivity contribution in [3.05, 3.63) is 89.1 Å². The molecule has 6 heteroatoms. The van der Waals surface area contributed by atoms with Crippen molar-refractivity contribution >= 4 is 11.7 Å². The predicted octanol–water partition coefficient (Wildman–Crippen LogP) is 3.90. The molecule has 0 fully saturated rings. The normalized spacial score (nSPS) is 10.5. The van der Waals surface area contributed by atoms with Gasteiger partial charge < -0.3 is 10.6 Å². The maximum absolute atomic E-state index is 13.0. The minimum Gasteiger partial charge on any atom is -0.366 e. The first-order valence-electron chi connectivity index (χ1n) is 9.26. The quantitative estimate of drug-likeness (QED) is 0.584. The monoisotopic (exact) mass is 378 g/mol. The van der Waals surface area contributed by atoms with Crippen LogP contribution in [0.1, 0.15) is 33.9 Å². The molecule has 3 rings (SSSR count). The minimum atomic E-state index is -0.271. The average molecular weight is 378 g/mol. The van der Waals surface area contributed by atoms with Crippen LogP contribution < -0.4 is 10.6 Å². The van der Waals surface area contributed by atoms with Crippen molar-refractivity contribution < 1.29 is 9.18 Å². The maximum Gasteiger partial charge on any atom is 0.270 e. The van der Waals surface area contributed by atoms with Gasteiger partial charge in [0.2, 0.25) is 0 Å². The van der Waals surface area contributed by atoms with Crippen molar-refractivity contribution in [2.75, 3.05) is 11.9 Å². The van der Waals surface area contributed by atoms with Crippen LogP contribution >= 0.6 is 0 Å². The average Bonchev–Trinajstić information content (AvgIpc) is 2.71. The molecule has 2 aromatic carbocycles. The van der Waals surface area contributed by atoms with Crippen LogP contribution in [0.15, 0.2) is 60.7 Å². The fourth-order valence-corrected chi connectivity index (χ4v) is 2.80. The standard InChI is InChI=1S/C22H23FN4O/c1-16-26-20(22(28)24-13-5-8-17-6-3-2-4-7-17)14-21(27-16)25-15-18-9-11-19(23)12-10-18/h2-4,6-7,9-12,14H,5,8,13,15H2,1H3,(H,24,28)(H,25,26,27). The summed E-state index contributed by atoms with van der Waals surface area (Å²) in [6.45, 7) is 2.80. The number of aryl methyl sites for hydroxylation is 2. The molecule has 1 amide bonds. The third kappa shape index (κ3) is 5.87. The SMILES string of the molecule is Cc1nc(NCc2ccc(F)cc2)cc(C(=O)NCCCc2ccccc2)n1. The highest BCUT2D eigenvalue weighted by Gasteiger charge is 2.10. The molecule has 0 aliphatic rings. The molecule has 144 valence electrons. The smallest absolute Gasteiger partial charge is 0.270 e. The van der Waals surface area contributed by atoms with E-state index < -0.39 is 0 Å². The molecule has 0 spiro atoms. The summed E-state index contributed by atoms with van der Waals surface area (Å²) in [5.74, 6) is 0.584. The number of rotatable bonds is 8. The Morgan fingerprint density at radius 3 is 2.50 bits per heavy atom. The first kappa shape index (κ1) is 19.5. The lowest BCUT2D eigenvalue weighted by molar-refractivity contribution is 0.0948. The highest BCUT2D eigenvalue weighted by Crippen LogP contribution is 2.10. The molecule has 0 radical (unpaired) electrons. The molecule has 5 nitrogen and oxygen atoms in total. The molecule has 2 N–H and O–H groups in total. The van der Waals surface area contributed by atoms with Gasteiger partial charge in [-0.05, 0) is 43.0 Å². The lowest BCUT2D eigenvalue weighted by Gasteiger charge is -2.09. The number of amides is 1. The summed E-state index contributed by atoms with van der Waals surface area (Å²) in [5, 5.41) is 6.06. The molecule has 0 aliphatic carbocycles. The summed E-state index contributed by atoms with van der Waals surface area (Å²) in [6, 6.07) is 18.0. The number of nitrogens with one attached hydrogen (secondary N) is 2. The Bertz CT molecular complexity index is 914. The van der Waals surface area contributed by atoms with Gasteiger partial charge in [0.1, 0.15) is 23.2 Å². The van der Waals surface area contributed by atoms with Crippen molar-refractivity contribution in [2.24, 2.45) is 0 Å². The fraction of sp³-hybridized carbons (Fsp3) is 0.227. The number of hydrogen-bond acceptors (Lipinski definition) is 4. The highest BCUT2D eigenvalue weighted by molar-refractivity contribution is 5.92. The topological polar surface area (TPSA) is 66.9 Å². The Kier molecular flexibility index (Phi) is 6.68. The van der Waals surface area contributed by atoms with Gasteiger partial charge >= 0.3 is 0 Å². The Balaban J connectivity index is 1.52. The van der Waals surface area contributed by atoms with Crippen molar-refractivity contribution in [3.63, 3.8) is 0 Å². The second-order valence-electron chi connectivity index (χ2n) is 6.51. The van der Waals surface area contributed by atoms with E-state index in [1.165, 1.54) is 17.7 Å². The number of hydrogen-bond donors (Lipinski definition) is 2. The maximum atomic E-state index is 13.0. The zero-order valence-electron chi connectivity index (χ0n) is 15.8. The molecule has 0 unspecified atom stereocenters. The van der Waals surface area contributed by atoms with E-state index in [4.69, 9.17) is 0 Å². The number of halogens is 1. The molecule has 28 heavy (non-hydrogen) atoms. The van der Waals surface area contributed by atoms with Gasteiger partial charge in [0, 0.05) is 19.2 Å². The summed E-state index contributed by atoms with van der Waals surface area (Å²) >= 11 is 0. The first-order valence-corrected chi connectivity index (χ1v) is 9.26. The fourth-order valence-electron chi connectivity index (χ4n) is 2.80. The van der Waals surface area contributed by atoms with Crippen LogP contribution in [-0.4, -0.2) is 22.4 Å². The van der Waals surface area contributed by atoms with Gasteiger partial charge in [-0.1, -0.05) is 42.5 Å². The molecule has 1 heterocycles. The summed E-state index contributed by atoms with van der Waals surface area (Å²) < 4.78 is 13.0. The van der Waals surface area contributed by atoms with Gasteiger partial charge in [0.25, 0.3) is 5.91 Å². The number of anilines is 1. The predicted molar refractivity (Wildman–Crippen MR) is 108 cm³/mol. The van der Waals surface area contributed by atoms with Gasteiger partial charge in [-0.15, -0.1) is 0 Å². The summed E-state index contributed by atoms with van der Waals surface area (Å²) in [6.07, 6.45) is 1.77. The van der Waals surface area contributed by atoms with Crippen LogP contribution in [0.25, 0.3) is 0 Å². The van der Waals surface area contributed by atoms with Crippen molar-refractivity contribution in [1.82, 2.24) is 15.3 Å². The molecule has 0 atom stereocenters. The largest absolute Gasteiger partial charge is 0.366 e. The molecule has 1 aromatic heterocycles. The lowest BCUT2D eigenvalue weighted by Crippen LogP contribution is -2.26. The summed E-state index contributed by atoms with van der Waals surface area (Å²) in [4.78, 5) is 20.9. The van der Waals surface area contributed by atoms with Gasteiger partial charge in [0.05, 0.1) is 0 Å². The molecular formula is C22H23FN4O. The second-order valence-corrected chi connectivity index (χ2v) is 6.51. The van der Waals surface area contributed by atoms with Crippen LogP contribution in [0, 0.1) is 12.7 Å². The Morgan fingerprint density at radius 2 is 1.75 bits per heavy atom. The lowest BCUT2D eigenvalue weighted by atomic mass is 10.1. The second kappa shape index (κ2) is 9.60. The van der Waals surface area contributed by atoms with E-state index in [0.717, 1.165) is 18.4 Å². The van der Waals surface area contributed by atoms with Crippen LogP contribution in [0.2, 0.25) is 0 Å². The van der Waals surface area contributed by atoms with E-state index in [-0.39, 0.29) is 11.7 Å². The van der Waals surface area contributed by atoms with Crippen LogP contribution in [-0.2, 0) is 13.0 Å². The van der Waals surface area contributed by atoms with Gasteiger partial charge in [-0.3, -0.25) is 4.79 Å². The third-order valence-electron chi connectivity index (χ3n) is 4.23. The molecular weight excluding hydrogens is 355 g/mol. The molecule has 0 bridgehead atoms.